The Bertz CT molecular complexity index is 1150. The van der Waals surface area contributed by atoms with Crippen LogP contribution in [-0.4, -0.2) is 19.3 Å². The highest BCUT2D eigenvalue weighted by Gasteiger charge is 2.18. The molecule has 1 amide bonds. The number of aryl methyl sites for hydroxylation is 1. The lowest BCUT2D eigenvalue weighted by Crippen LogP contribution is -2.24. The SMILES string of the molecule is Cc1cc(I)ccc1Nc1cc(S(=O)(=O)NCc2cccnc2)ccc1C(N)=O. The van der Waals surface area contributed by atoms with E-state index in [-0.39, 0.29) is 17.0 Å². The third kappa shape index (κ3) is 5.31. The minimum absolute atomic E-state index is 0.0251. The van der Waals surface area contributed by atoms with E-state index in [1.54, 1.807) is 24.5 Å². The first kappa shape index (κ1) is 21.2. The van der Waals surface area contributed by atoms with Gasteiger partial charge in [0.15, 0.2) is 0 Å². The number of benzene rings is 2. The summed E-state index contributed by atoms with van der Waals surface area (Å²) in [5, 5.41) is 3.13. The van der Waals surface area contributed by atoms with Gasteiger partial charge in [0.2, 0.25) is 10.0 Å². The molecule has 0 saturated carbocycles. The molecule has 4 N–H and O–H groups in total. The van der Waals surface area contributed by atoms with E-state index in [1.165, 1.54) is 18.2 Å². The Labute approximate surface area is 182 Å². The van der Waals surface area contributed by atoms with Gasteiger partial charge in [0.25, 0.3) is 5.91 Å². The Morgan fingerprint density at radius 3 is 2.59 bits per heavy atom. The molecule has 0 saturated heterocycles. The molecule has 1 aromatic heterocycles. The lowest BCUT2D eigenvalue weighted by Gasteiger charge is -2.15. The predicted molar refractivity (Wildman–Crippen MR) is 120 cm³/mol. The number of hydrogen-bond acceptors (Lipinski definition) is 5. The van der Waals surface area contributed by atoms with Crippen LogP contribution in [0.5, 0.6) is 0 Å². The maximum absolute atomic E-state index is 12.7. The monoisotopic (exact) mass is 522 g/mol. The Morgan fingerprint density at radius 1 is 1.14 bits per heavy atom. The van der Waals surface area contributed by atoms with Crippen LogP contribution in [0.25, 0.3) is 0 Å². The van der Waals surface area contributed by atoms with Gasteiger partial charge in [-0.25, -0.2) is 13.1 Å². The molecule has 0 radical (unpaired) electrons. The second kappa shape index (κ2) is 8.89. The van der Waals surface area contributed by atoms with Gasteiger partial charge in [-0.1, -0.05) is 6.07 Å². The van der Waals surface area contributed by atoms with Crippen molar-refractivity contribution >= 4 is 49.9 Å². The zero-order valence-corrected chi connectivity index (χ0v) is 18.5. The summed E-state index contributed by atoms with van der Waals surface area (Å²) in [5.74, 6) is -0.650. The highest BCUT2D eigenvalue weighted by Crippen LogP contribution is 2.27. The molecule has 0 unspecified atom stereocenters. The molecule has 3 rings (SSSR count). The van der Waals surface area contributed by atoms with Crippen LogP contribution in [0.4, 0.5) is 11.4 Å². The first-order valence-corrected chi connectivity index (χ1v) is 11.2. The number of nitrogens with zero attached hydrogens (tertiary/aromatic N) is 1. The fraction of sp³-hybridized carbons (Fsp3) is 0.100. The standard InChI is InChI=1S/C20H19IN4O3S/c1-13-9-15(21)4-7-18(13)25-19-10-16(5-6-17(19)20(22)26)29(27,28)24-12-14-3-2-8-23-11-14/h2-11,24-25H,12H2,1H3,(H2,22,26). The van der Waals surface area contributed by atoms with E-state index in [0.29, 0.717) is 5.69 Å². The molecule has 3 aromatic rings. The van der Waals surface area contributed by atoms with Gasteiger partial charge in [-0.15, -0.1) is 0 Å². The maximum atomic E-state index is 12.7. The maximum Gasteiger partial charge on any atom is 0.250 e. The summed E-state index contributed by atoms with van der Waals surface area (Å²) in [4.78, 5) is 15.8. The molecule has 0 spiro atoms. The molecule has 0 aliphatic rings. The fourth-order valence-electron chi connectivity index (χ4n) is 2.69. The molecule has 29 heavy (non-hydrogen) atoms. The average Bonchev–Trinajstić information content (AvgIpc) is 2.69. The van der Waals surface area contributed by atoms with Crippen LogP contribution >= 0.6 is 22.6 Å². The number of primary amides is 1. The van der Waals surface area contributed by atoms with Gasteiger partial charge in [0.05, 0.1) is 16.1 Å². The second-order valence-electron chi connectivity index (χ2n) is 6.34. The van der Waals surface area contributed by atoms with Gasteiger partial charge in [-0.2, -0.15) is 0 Å². The van der Waals surface area contributed by atoms with Crippen LogP contribution in [0.2, 0.25) is 0 Å². The Hall–Kier alpha value is -2.50. The Kier molecular flexibility index (Phi) is 6.50. The first-order valence-electron chi connectivity index (χ1n) is 8.62. The van der Waals surface area contributed by atoms with Crippen molar-refractivity contribution in [3.8, 4) is 0 Å². The summed E-state index contributed by atoms with van der Waals surface area (Å²) in [5.41, 5.74) is 8.44. The minimum Gasteiger partial charge on any atom is -0.366 e. The van der Waals surface area contributed by atoms with Gasteiger partial charge in [0, 0.05) is 28.2 Å². The van der Waals surface area contributed by atoms with E-state index in [2.05, 4.69) is 37.6 Å². The smallest absolute Gasteiger partial charge is 0.250 e. The van der Waals surface area contributed by atoms with Crippen LogP contribution in [0.1, 0.15) is 21.5 Å². The topological polar surface area (TPSA) is 114 Å². The first-order chi connectivity index (χ1) is 13.8. The molecule has 1 heterocycles. The number of carbonyl (C=O) groups is 1. The van der Waals surface area contributed by atoms with Crippen molar-refractivity contribution in [3.05, 3.63) is 81.2 Å². The van der Waals surface area contributed by atoms with Gasteiger partial charge < -0.3 is 11.1 Å². The number of nitrogens with two attached hydrogens (primary N) is 1. The highest BCUT2D eigenvalue weighted by molar-refractivity contribution is 14.1. The van der Waals surface area contributed by atoms with Crippen LogP contribution < -0.4 is 15.8 Å². The number of carbonyl (C=O) groups excluding carboxylic acids is 1. The largest absolute Gasteiger partial charge is 0.366 e. The lowest BCUT2D eigenvalue weighted by atomic mass is 10.1. The van der Waals surface area contributed by atoms with E-state index >= 15 is 0 Å². The number of aromatic nitrogens is 1. The summed E-state index contributed by atoms with van der Waals surface area (Å²) >= 11 is 2.21. The quantitative estimate of drug-likeness (QED) is 0.412. The van der Waals surface area contributed by atoms with Gasteiger partial charge in [-0.05, 0) is 83.1 Å². The summed E-state index contributed by atoms with van der Waals surface area (Å²) in [6.45, 7) is 2.03. The van der Waals surface area contributed by atoms with Crippen molar-refractivity contribution in [2.24, 2.45) is 5.73 Å². The number of amides is 1. The highest BCUT2D eigenvalue weighted by atomic mass is 127. The molecule has 0 bridgehead atoms. The zero-order valence-electron chi connectivity index (χ0n) is 15.5. The number of halogens is 1. The van der Waals surface area contributed by atoms with Crippen molar-refractivity contribution < 1.29 is 13.2 Å². The Balaban J connectivity index is 1.92. The van der Waals surface area contributed by atoms with Crippen molar-refractivity contribution in [1.29, 1.82) is 0 Å². The minimum atomic E-state index is -3.80. The molecule has 0 fully saturated rings. The van der Waals surface area contributed by atoms with Crippen molar-refractivity contribution in [1.82, 2.24) is 9.71 Å². The molecule has 0 aliphatic heterocycles. The van der Waals surface area contributed by atoms with E-state index in [0.717, 1.165) is 20.4 Å². The number of pyridine rings is 1. The van der Waals surface area contributed by atoms with E-state index in [9.17, 15) is 13.2 Å². The van der Waals surface area contributed by atoms with Crippen molar-refractivity contribution in [2.45, 2.75) is 18.4 Å². The van der Waals surface area contributed by atoms with Gasteiger partial charge >= 0.3 is 0 Å². The fourth-order valence-corrected chi connectivity index (χ4v) is 4.38. The van der Waals surface area contributed by atoms with Crippen molar-refractivity contribution in [3.63, 3.8) is 0 Å². The summed E-state index contributed by atoms with van der Waals surface area (Å²) in [7, 11) is -3.80. The molecule has 0 atom stereocenters. The van der Waals surface area contributed by atoms with Gasteiger partial charge in [0.1, 0.15) is 0 Å². The predicted octanol–water partition coefficient (Wildman–Crippen LogP) is 3.32. The molecular weight excluding hydrogens is 503 g/mol. The second-order valence-corrected chi connectivity index (χ2v) is 9.35. The summed E-state index contributed by atoms with van der Waals surface area (Å²) < 4.78 is 29.1. The number of sulfonamides is 1. The van der Waals surface area contributed by atoms with E-state index < -0.39 is 15.9 Å². The molecule has 2 aromatic carbocycles. The lowest BCUT2D eigenvalue weighted by molar-refractivity contribution is 0.100. The van der Waals surface area contributed by atoms with Crippen molar-refractivity contribution in [2.75, 3.05) is 5.32 Å². The third-order valence-electron chi connectivity index (χ3n) is 4.21. The van der Waals surface area contributed by atoms with Crippen LogP contribution in [-0.2, 0) is 16.6 Å². The molecule has 0 aliphatic carbocycles. The molecule has 9 heteroatoms. The Morgan fingerprint density at radius 2 is 1.93 bits per heavy atom. The summed E-state index contributed by atoms with van der Waals surface area (Å²) in [6, 6.07) is 13.4. The molecular formula is C20H19IN4O3S. The number of hydrogen-bond donors (Lipinski definition) is 3. The molecule has 150 valence electrons. The average molecular weight is 522 g/mol. The zero-order chi connectivity index (χ0) is 21.0. The van der Waals surface area contributed by atoms with Crippen LogP contribution in [0.3, 0.4) is 0 Å². The molecule has 7 nitrogen and oxygen atoms in total. The number of rotatable bonds is 7. The third-order valence-corrected chi connectivity index (χ3v) is 6.28. The normalized spacial score (nSPS) is 11.2. The van der Waals surface area contributed by atoms with E-state index in [1.807, 2.05) is 25.1 Å². The van der Waals surface area contributed by atoms with Gasteiger partial charge in [-0.3, -0.25) is 9.78 Å². The summed E-state index contributed by atoms with van der Waals surface area (Å²) in [6.07, 6.45) is 3.20. The van der Waals surface area contributed by atoms with E-state index in [4.69, 9.17) is 5.73 Å². The number of anilines is 2. The van der Waals surface area contributed by atoms with Crippen LogP contribution in [0, 0.1) is 10.5 Å². The van der Waals surface area contributed by atoms with Crippen LogP contribution in [0.15, 0.2) is 65.8 Å². The number of nitrogens with one attached hydrogen (secondary N) is 2.